The first-order valence-electron chi connectivity index (χ1n) is 6.11. The Bertz CT molecular complexity index is 586. The molecule has 5 heteroatoms. The molecular formula is C14H16F2N2O. The molecule has 0 bridgehead atoms. The van der Waals surface area contributed by atoms with Gasteiger partial charge >= 0.3 is 5.92 Å². The molecule has 2 aromatic rings. The Labute approximate surface area is 110 Å². The average Bonchev–Trinajstić information content (AvgIpc) is 2.71. The minimum absolute atomic E-state index is 0.350. The van der Waals surface area contributed by atoms with Crippen LogP contribution in [0.25, 0.3) is 10.9 Å². The van der Waals surface area contributed by atoms with Crippen molar-refractivity contribution in [3.05, 3.63) is 36.0 Å². The van der Waals surface area contributed by atoms with Gasteiger partial charge in [0.25, 0.3) is 5.91 Å². The van der Waals surface area contributed by atoms with E-state index in [4.69, 9.17) is 0 Å². The maximum Gasteiger partial charge on any atom is 0.321 e. The highest BCUT2D eigenvalue weighted by Gasteiger charge is 2.32. The number of hydrogen-bond acceptors (Lipinski definition) is 1. The minimum atomic E-state index is -3.34. The van der Waals surface area contributed by atoms with Crippen molar-refractivity contribution in [3.63, 3.8) is 0 Å². The molecule has 1 aromatic heterocycles. The summed E-state index contributed by atoms with van der Waals surface area (Å²) >= 11 is 0. The highest BCUT2D eigenvalue weighted by Crippen LogP contribution is 2.19. The second-order valence-electron chi connectivity index (χ2n) is 4.83. The van der Waals surface area contributed by atoms with E-state index in [9.17, 15) is 13.6 Å². The molecule has 0 radical (unpaired) electrons. The monoisotopic (exact) mass is 266 g/mol. The first-order chi connectivity index (χ1) is 8.88. The lowest BCUT2D eigenvalue weighted by Gasteiger charge is -2.16. The average molecular weight is 266 g/mol. The molecule has 19 heavy (non-hydrogen) atoms. The molecule has 0 aliphatic rings. The van der Waals surface area contributed by atoms with Crippen LogP contribution in [0, 0.1) is 0 Å². The quantitative estimate of drug-likeness (QED) is 0.878. The predicted octanol–water partition coefficient (Wildman–Crippen LogP) is 2.87. The highest BCUT2D eigenvalue weighted by atomic mass is 19.3. The van der Waals surface area contributed by atoms with Gasteiger partial charge in [0.15, 0.2) is 0 Å². The fourth-order valence-corrected chi connectivity index (χ4v) is 2.03. The lowest BCUT2D eigenvalue weighted by atomic mass is 10.1. The molecule has 2 rings (SSSR count). The van der Waals surface area contributed by atoms with Gasteiger partial charge in [-0.2, -0.15) is 8.78 Å². The minimum Gasteiger partial charge on any atom is -0.361 e. The third kappa shape index (κ3) is 3.10. The molecule has 1 atom stereocenters. The number of carbonyl (C=O) groups excluding carboxylic acids is 1. The van der Waals surface area contributed by atoms with Gasteiger partial charge < -0.3 is 10.3 Å². The third-order valence-electron chi connectivity index (χ3n) is 2.98. The van der Waals surface area contributed by atoms with E-state index in [1.54, 1.807) is 6.92 Å². The van der Waals surface area contributed by atoms with Crippen molar-refractivity contribution < 1.29 is 13.6 Å². The van der Waals surface area contributed by atoms with Crippen molar-refractivity contribution in [2.24, 2.45) is 0 Å². The SMILES string of the molecule is C[C@H](Cc1c[nH]c2ccccc12)NC(=O)C(C)(F)F. The Hall–Kier alpha value is -1.91. The number of hydrogen-bond donors (Lipinski definition) is 2. The maximum absolute atomic E-state index is 12.8. The van der Waals surface area contributed by atoms with E-state index in [2.05, 4.69) is 10.3 Å². The fraction of sp³-hybridized carbons (Fsp3) is 0.357. The van der Waals surface area contributed by atoms with Crippen molar-refractivity contribution >= 4 is 16.8 Å². The van der Waals surface area contributed by atoms with Gasteiger partial charge in [0.1, 0.15) is 0 Å². The molecule has 0 aliphatic heterocycles. The van der Waals surface area contributed by atoms with Gasteiger partial charge in [-0.1, -0.05) is 18.2 Å². The Morgan fingerprint density at radius 3 is 2.79 bits per heavy atom. The number of H-pyrrole nitrogens is 1. The maximum atomic E-state index is 12.8. The van der Waals surface area contributed by atoms with Gasteiger partial charge in [0.2, 0.25) is 0 Å². The van der Waals surface area contributed by atoms with E-state index in [0.717, 1.165) is 16.5 Å². The van der Waals surface area contributed by atoms with Gasteiger partial charge in [0, 0.05) is 30.1 Å². The van der Waals surface area contributed by atoms with Gasteiger partial charge in [-0.05, 0) is 25.0 Å². The van der Waals surface area contributed by atoms with Gasteiger partial charge in [-0.3, -0.25) is 4.79 Å². The van der Waals surface area contributed by atoms with Crippen LogP contribution in [0.3, 0.4) is 0 Å². The normalized spacial score (nSPS) is 13.5. The lowest BCUT2D eigenvalue weighted by Crippen LogP contribution is -2.43. The van der Waals surface area contributed by atoms with E-state index < -0.39 is 11.8 Å². The molecule has 102 valence electrons. The summed E-state index contributed by atoms with van der Waals surface area (Å²) in [7, 11) is 0. The standard InChI is InChI=1S/C14H16F2N2O/c1-9(18-13(19)14(2,15)16)7-10-8-17-12-6-4-3-5-11(10)12/h3-6,8-9,17H,7H2,1-2H3,(H,18,19)/t9-/m1/s1. The van der Waals surface area contributed by atoms with Gasteiger partial charge in [0.05, 0.1) is 0 Å². The second-order valence-corrected chi connectivity index (χ2v) is 4.83. The number of benzene rings is 1. The Kier molecular flexibility index (Phi) is 3.55. The number of rotatable bonds is 4. The summed E-state index contributed by atoms with van der Waals surface area (Å²) in [6.07, 6.45) is 2.35. The Morgan fingerprint density at radius 2 is 2.11 bits per heavy atom. The largest absolute Gasteiger partial charge is 0.361 e. The van der Waals surface area contributed by atoms with E-state index in [0.29, 0.717) is 13.3 Å². The van der Waals surface area contributed by atoms with Crippen molar-refractivity contribution in [3.8, 4) is 0 Å². The fourth-order valence-electron chi connectivity index (χ4n) is 2.03. The molecule has 0 aliphatic carbocycles. The van der Waals surface area contributed by atoms with Crippen LogP contribution in [-0.2, 0) is 11.2 Å². The zero-order valence-electron chi connectivity index (χ0n) is 10.8. The molecule has 3 nitrogen and oxygen atoms in total. The molecule has 0 spiro atoms. The van der Waals surface area contributed by atoms with Crippen LogP contribution in [0.15, 0.2) is 30.5 Å². The Morgan fingerprint density at radius 1 is 1.42 bits per heavy atom. The summed E-state index contributed by atoms with van der Waals surface area (Å²) in [4.78, 5) is 14.3. The topological polar surface area (TPSA) is 44.9 Å². The number of aromatic nitrogens is 1. The van der Waals surface area contributed by atoms with Crippen LogP contribution in [-0.4, -0.2) is 22.9 Å². The first kappa shape index (κ1) is 13.5. The van der Waals surface area contributed by atoms with Gasteiger partial charge in [-0.15, -0.1) is 0 Å². The number of para-hydroxylation sites is 1. The molecule has 0 fully saturated rings. The van der Waals surface area contributed by atoms with Crippen LogP contribution < -0.4 is 5.32 Å². The van der Waals surface area contributed by atoms with Crippen LogP contribution in [0.2, 0.25) is 0 Å². The van der Waals surface area contributed by atoms with E-state index in [1.165, 1.54) is 0 Å². The number of carbonyl (C=O) groups is 1. The van der Waals surface area contributed by atoms with E-state index in [-0.39, 0.29) is 6.04 Å². The summed E-state index contributed by atoms with van der Waals surface area (Å²) in [5, 5.41) is 3.37. The predicted molar refractivity (Wildman–Crippen MR) is 70.2 cm³/mol. The summed E-state index contributed by atoms with van der Waals surface area (Å²) in [6.45, 7) is 2.31. The van der Waals surface area contributed by atoms with Crippen molar-refractivity contribution in [1.82, 2.24) is 10.3 Å². The molecular weight excluding hydrogens is 250 g/mol. The van der Waals surface area contributed by atoms with Crippen LogP contribution in [0.1, 0.15) is 19.4 Å². The van der Waals surface area contributed by atoms with E-state index in [1.807, 2.05) is 30.5 Å². The molecule has 1 aromatic carbocycles. The second kappa shape index (κ2) is 4.99. The number of halogens is 2. The molecule has 0 unspecified atom stereocenters. The van der Waals surface area contributed by atoms with Crippen molar-refractivity contribution in [1.29, 1.82) is 0 Å². The van der Waals surface area contributed by atoms with Crippen molar-refractivity contribution in [2.45, 2.75) is 32.2 Å². The summed E-state index contributed by atoms with van der Waals surface area (Å²) in [5.74, 6) is -4.58. The lowest BCUT2D eigenvalue weighted by molar-refractivity contribution is -0.143. The van der Waals surface area contributed by atoms with Crippen LogP contribution >= 0.6 is 0 Å². The smallest absolute Gasteiger partial charge is 0.321 e. The highest BCUT2D eigenvalue weighted by molar-refractivity contribution is 5.84. The zero-order valence-corrected chi connectivity index (χ0v) is 10.8. The summed E-state index contributed by atoms with van der Waals surface area (Å²) in [5.41, 5.74) is 2.00. The summed E-state index contributed by atoms with van der Waals surface area (Å²) in [6, 6.07) is 7.40. The first-order valence-corrected chi connectivity index (χ1v) is 6.11. The third-order valence-corrected chi connectivity index (χ3v) is 2.98. The molecule has 1 heterocycles. The number of aromatic amines is 1. The van der Waals surface area contributed by atoms with E-state index >= 15 is 0 Å². The Balaban J connectivity index is 2.07. The molecule has 0 saturated heterocycles. The van der Waals surface area contributed by atoms with Crippen molar-refractivity contribution in [2.75, 3.05) is 0 Å². The number of nitrogens with one attached hydrogen (secondary N) is 2. The molecule has 0 saturated carbocycles. The number of fused-ring (bicyclic) bond motifs is 1. The van der Waals surface area contributed by atoms with Crippen LogP contribution in [0.5, 0.6) is 0 Å². The van der Waals surface area contributed by atoms with Gasteiger partial charge in [-0.25, -0.2) is 0 Å². The summed E-state index contributed by atoms with van der Waals surface area (Å²) < 4.78 is 25.6. The van der Waals surface area contributed by atoms with Crippen LogP contribution in [0.4, 0.5) is 8.78 Å². The number of alkyl halides is 2. The molecule has 1 amide bonds. The molecule has 2 N–H and O–H groups in total. The number of amides is 1. The zero-order chi connectivity index (χ0) is 14.0.